The molecule has 1 heterocycles. The molecule has 2 fully saturated rings. The Labute approximate surface area is 164 Å². The van der Waals surface area contributed by atoms with E-state index < -0.39 is 0 Å². The number of nitrogens with zero attached hydrogens (tertiary/aromatic N) is 1. The van der Waals surface area contributed by atoms with E-state index in [0.717, 1.165) is 19.0 Å². The van der Waals surface area contributed by atoms with E-state index in [1.165, 1.54) is 75.6 Å². The Morgan fingerprint density at radius 3 is 2.31 bits per heavy atom. The standard InChI is InChI=1S/C22H33N3.ClH/c1-2-7-11-20(10-6-1)25-21-22(24-17-16-23-21)14-12-19(13-15-22)18-8-4-3-5-9-18;/h3-5,8-9,19-20,24H,1-2,6-7,10-17H2,(H,23,25);1H. The van der Waals surface area contributed by atoms with Gasteiger partial charge in [-0.1, -0.05) is 56.0 Å². The summed E-state index contributed by atoms with van der Waals surface area (Å²) in [6, 6.07) is 11.7. The Balaban J connectivity index is 0.00000196. The zero-order valence-electron chi connectivity index (χ0n) is 15.9. The Morgan fingerprint density at radius 1 is 0.923 bits per heavy atom. The monoisotopic (exact) mass is 375 g/mol. The average Bonchev–Trinajstić information content (AvgIpc) is 2.94. The first-order valence-corrected chi connectivity index (χ1v) is 10.5. The Morgan fingerprint density at radius 2 is 1.62 bits per heavy atom. The molecule has 0 radical (unpaired) electrons. The highest BCUT2D eigenvalue weighted by Crippen LogP contribution is 2.39. The van der Waals surface area contributed by atoms with E-state index in [1.807, 2.05) is 0 Å². The highest BCUT2D eigenvalue weighted by molar-refractivity contribution is 5.92. The van der Waals surface area contributed by atoms with Crippen LogP contribution in [-0.2, 0) is 0 Å². The van der Waals surface area contributed by atoms with Crippen molar-refractivity contribution in [1.29, 1.82) is 0 Å². The summed E-state index contributed by atoms with van der Waals surface area (Å²) in [5.41, 5.74) is 1.64. The normalized spacial score (nSPS) is 30.2. The molecule has 0 atom stereocenters. The first-order valence-electron chi connectivity index (χ1n) is 10.5. The van der Waals surface area contributed by atoms with Crippen LogP contribution >= 0.6 is 12.4 Å². The summed E-state index contributed by atoms with van der Waals surface area (Å²) in [6.45, 7) is 1.96. The second-order valence-electron chi connectivity index (χ2n) is 8.26. The van der Waals surface area contributed by atoms with Crippen LogP contribution in [0.5, 0.6) is 0 Å². The molecule has 1 aliphatic heterocycles. The first kappa shape index (κ1) is 19.7. The molecular formula is C22H34ClN3. The molecule has 4 rings (SSSR count). The van der Waals surface area contributed by atoms with E-state index in [1.54, 1.807) is 0 Å². The van der Waals surface area contributed by atoms with E-state index in [-0.39, 0.29) is 17.9 Å². The summed E-state index contributed by atoms with van der Waals surface area (Å²) < 4.78 is 0. The van der Waals surface area contributed by atoms with Crippen LogP contribution < -0.4 is 10.6 Å². The fourth-order valence-corrected chi connectivity index (χ4v) is 5.08. The predicted octanol–water partition coefficient (Wildman–Crippen LogP) is 4.82. The van der Waals surface area contributed by atoms with Gasteiger partial charge in [0, 0.05) is 12.6 Å². The van der Waals surface area contributed by atoms with Crippen LogP contribution in [0, 0.1) is 0 Å². The van der Waals surface area contributed by atoms with Gasteiger partial charge in [-0.2, -0.15) is 0 Å². The number of halogens is 1. The number of benzene rings is 1. The van der Waals surface area contributed by atoms with E-state index in [2.05, 4.69) is 41.0 Å². The second-order valence-corrected chi connectivity index (χ2v) is 8.26. The fourth-order valence-electron chi connectivity index (χ4n) is 5.08. The molecule has 1 aromatic rings. The van der Waals surface area contributed by atoms with Crippen molar-refractivity contribution in [3.05, 3.63) is 35.9 Å². The van der Waals surface area contributed by atoms with Crippen LogP contribution in [0.4, 0.5) is 0 Å². The zero-order valence-corrected chi connectivity index (χ0v) is 16.7. The Hall–Kier alpha value is -1.06. The molecule has 1 aromatic carbocycles. The van der Waals surface area contributed by atoms with Crippen molar-refractivity contribution in [2.24, 2.45) is 4.99 Å². The maximum absolute atomic E-state index is 4.97. The molecule has 0 bridgehead atoms. The van der Waals surface area contributed by atoms with Crippen LogP contribution in [-0.4, -0.2) is 30.5 Å². The molecule has 1 spiro atoms. The SMILES string of the molecule is Cl.c1ccc(C2CCC3(CC2)NCCN=C3NC2CCCCCC2)cc1. The number of hydrogen-bond donors (Lipinski definition) is 2. The lowest BCUT2D eigenvalue weighted by Gasteiger charge is -2.45. The highest BCUT2D eigenvalue weighted by Gasteiger charge is 2.41. The number of amidine groups is 1. The molecule has 4 heteroatoms. The molecule has 3 nitrogen and oxygen atoms in total. The smallest absolute Gasteiger partial charge is 0.117 e. The molecule has 0 amide bonds. The molecular weight excluding hydrogens is 342 g/mol. The number of hydrogen-bond acceptors (Lipinski definition) is 3. The lowest BCUT2D eigenvalue weighted by atomic mass is 9.72. The van der Waals surface area contributed by atoms with Crippen LogP contribution in [0.15, 0.2) is 35.3 Å². The highest BCUT2D eigenvalue weighted by atomic mass is 35.5. The van der Waals surface area contributed by atoms with Crippen molar-refractivity contribution >= 4 is 18.2 Å². The summed E-state index contributed by atoms with van der Waals surface area (Å²) in [5.74, 6) is 2.01. The van der Waals surface area contributed by atoms with E-state index in [4.69, 9.17) is 4.99 Å². The third-order valence-corrected chi connectivity index (χ3v) is 6.60. The third-order valence-electron chi connectivity index (χ3n) is 6.60. The first-order chi connectivity index (χ1) is 12.4. The van der Waals surface area contributed by atoms with Gasteiger partial charge in [0.15, 0.2) is 0 Å². The maximum Gasteiger partial charge on any atom is 0.117 e. The minimum Gasteiger partial charge on any atom is -0.370 e. The number of aliphatic imine (C=N–C) groups is 1. The van der Waals surface area contributed by atoms with Crippen molar-refractivity contribution in [2.45, 2.75) is 81.7 Å². The molecule has 2 aliphatic carbocycles. The minimum absolute atomic E-state index is 0. The largest absolute Gasteiger partial charge is 0.370 e. The van der Waals surface area contributed by atoms with Crippen LogP contribution in [0.1, 0.15) is 75.7 Å². The molecule has 0 aromatic heterocycles. The lowest BCUT2D eigenvalue weighted by Crippen LogP contribution is -2.62. The van der Waals surface area contributed by atoms with E-state index in [0.29, 0.717) is 6.04 Å². The Kier molecular flexibility index (Phi) is 6.99. The van der Waals surface area contributed by atoms with Gasteiger partial charge in [0.1, 0.15) is 5.84 Å². The van der Waals surface area contributed by atoms with E-state index in [9.17, 15) is 0 Å². The lowest BCUT2D eigenvalue weighted by molar-refractivity contribution is 0.273. The topological polar surface area (TPSA) is 36.4 Å². The van der Waals surface area contributed by atoms with Crippen LogP contribution in [0.25, 0.3) is 0 Å². The number of rotatable bonds is 2. The zero-order chi connectivity index (χ0) is 17.0. The van der Waals surface area contributed by atoms with Gasteiger partial charge in [-0.15, -0.1) is 12.4 Å². The fraction of sp³-hybridized carbons (Fsp3) is 0.682. The second kappa shape index (κ2) is 9.23. The van der Waals surface area contributed by atoms with Gasteiger partial charge in [0.2, 0.25) is 0 Å². The summed E-state index contributed by atoms with van der Waals surface area (Å²) in [4.78, 5) is 4.97. The molecule has 3 aliphatic rings. The van der Waals surface area contributed by atoms with Crippen LogP contribution in [0.3, 0.4) is 0 Å². The van der Waals surface area contributed by atoms with Crippen molar-refractivity contribution in [1.82, 2.24) is 10.6 Å². The number of nitrogens with one attached hydrogen (secondary N) is 2. The van der Waals surface area contributed by atoms with Gasteiger partial charge in [-0.3, -0.25) is 4.99 Å². The average molecular weight is 376 g/mol. The maximum atomic E-state index is 4.97. The summed E-state index contributed by atoms with van der Waals surface area (Å²) in [5, 5.41) is 7.77. The van der Waals surface area contributed by atoms with Gasteiger partial charge < -0.3 is 10.6 Å². The molecule has 0 saturated heterocycles. The third kappa shape index (κ3) is 4.43. The predicted molar refractivity (Wildman–Crippen MR) is 113 cm³/mol. The molecule has 0 unspecified atom stereocenters. The minimum atomic E-state index is 0. The van der Waals surface area contributed by atoms with Gasteiger partial charge in [0.05, 0.1) is 12.1 Å². The molecule has 2 N–H and O–H groups in total. The summed E-state index contributed by atoms with van der Waals surface area (Å²) in [7, 11) is 0. The quantitative estimate of drug-likeness (QED) is 0.727. The molecule has 144 valence electrons. The Bertz CT molecular complexity index is 570. The molecule has 26 heavy (non-hydrogen) atoms. The van der Waals surface area contributed by atoms with E-state index >= 15 is 0 Å². The van der Waals surface area contributed by atoms with Gasteiger partial charge in [-0.05, 0) is 50.0 Å². The van der Waals surface area contributed by atoms with Crippen molar-refractivity contribution in [2.75, 3.05) is 13.1 Å². The van der Waals surface area contributed by atoms with Crippen molar-refractivity contribution in [3.63, 3.8) is 0 Å². The van der Waals surface area contributed by atoms with Gasteiger partial charge >= 0.3 is 0 Å². The van der Waals surface area contributed by atoms with Crippen molar-refractivity contribution < 1.29 is 0 Å². The summed E-state index contributed by atoms with van der Waals surface area (Å²) >= 11 is 0. The van der Waals surface area contributed by atoms with Crippen molar-refractivity contribution in [3.8, 4) is 0 Å². The summed E-state index contributed by atoms with van der Waals surface area (Å²) in [6.07, 6.45) is 13.2. The van der Waals surface area contributed by atoms with Gasteiger partial charge in [0.25, 0.3) is 0 Å². The molecule has 2 saturated carbocycles. The van der Waals surface area contributed by atoms with Gasteiger partial charge in [-0.25, -0.2) is 0 Å². The van der Waals surface area contributed by atoms with Crippen LogP contribution in [0.2, 0.25) is 0 Å².